The summed E-state index contributed by atoms with van der Waals surface area (Å²) in [5, 5.41) is 0. The molecule has 0 unspecified atom stereocenters. The summed E-state index contributed by atoms with van der Waals surface area (Å²) < 4.78 is 0. The first-order valence-electron chi connectivity index (χ1n) is 9.44. The highest BCUT2D eigenvalue weighted by Gasteiger charge is 2.21. The van der Waals surface area contributed by atoms with Gasteiger partial charge in [0.15, 0.2) is 5.82 Å². The number of rotatable bonds is 6. The van der Waals surface area contributed by atoms with Gasteiger partial charge in [-0.3, -0.25) is 0 Å². The molecule has 1 aliphatic rings. The molecule has 0 radical (unpaired) electrons. The lowest BCUT2D eigenvalue weighted by molar-refractivity contribution is 0.650. The van der Waals surface area contributed by atoms with Crippen molar-refractivity contribution in [3.05, 3.63) is 41.1 Å². The first-order valence-corrected chi connectivity index (χ1v) is 9.44. The van der Waals surface area contributed by atoms with Gasteiger partial charge in [0.05, 0.1) is 0 Å². The number of hydrogen-bond acceptors (Lipinski definition) is 3. The molecule has 0 spiro atoms. The number of nitrogens with zero attached hydrogens (tertiary/aromatic N) is 3. The van der Waals surface area contributed by atoms with Crippen LogP contribution in [0.2, 0.25) is 0 Å². The maximum atomic E-state index is 5.04. The van der Waals surface area contributed by atoms with Crippen molar-refractivity contribution in [3.8, 4) is 11.4 Å². The molecule has 24 heavy (non-hydrogen) atoms. The lowest BCUT2D eigenvalue weighted by Gasteiger charge is -2.28. The zero-order chi connectivity index (χ0) is 16.9. The van der Waals surface area contributed by atoms with Crippen LogP contribution < -0.4 is 4.90 Å². The van der Waals surface area contributed by atoms with E-state index in [0.717, 1.165) is 50.2 Å². The Kier molecular flexibility index (Phi) is 5.49. The first-order chi connectivity index (χ1) is 11.7. The summed E-state index contributed by atoms with van der Waals surface area (Å²) in [5.41, 5.74) is 5.08. The van der Waals surface area contributed by atoms with Gasteiger partial charge in [-0.15, -0.1) is 0 Å². The van der Waals surface area contributed by atoms with Crippen LogP contribution in [0, 0.1) is 6.92 Å². The zero-order valence-corrected chi connectivity index (χ0v) is 15.3. The molecule has 0 saturated heterocycles. The Morgan fingerprint density at radius 2 is 1.58 bits per heavy atom. The van der Waals surface area contributed by atoms with Gasteiger partial charge < -0.3 is 4.90 Å². The van der Waals surface area contributed by atoms with Crippen molar-refractivity contribution < 1.29 is 0 Å². The fourth-order valence-corrected chi connectivity index (χ4v) is 3.53. The highest BCUT2D eigenvalue weighted by atomic mass is 15.2. The fourth-order valence-electron chi connectivity index (χ4n) is 3.53. The van der Waals surface area contributed by atoms with Crippen molar-refractivity contribution in [2.45, 2.75) is 59.3 Å². The first kappa shape index (κ1) is 16.9. The fraction of sp³-hybridized carbons (Fsp3) is 0.524. The minimum Gasteiger partial charge on any atom is -0.356 e. The van der Waals surface area contributed by atoms with Crippen LogP contribution in [0.1, 0.15) is 56.4 Å². The minimum absolute atomic E-state index is 0.892. The molecule has 3 heteroatoms. The van der Waals surface area contributed by atoms with E-state index in [1.807, 2.05) is 0 Å². The smallest absolute Gasteiger partial charge is 0.161 e. The molecule has 0 atom stereocenters. The summed E-state index contributed by atoms with van der Waals surface area (Å²) in [6.45, 7) is 8.76. The molecule has 1 aromatic heterocycles. The van der Waals surface area contributed by atoms with Crippen LogP contribution in [0.3, 0.4) is 0 Å². The summed E-state index contributed by atoms with van der Waals surface area (Å²) in [6, 6.07) is 8.59. The van der Waals surface area contributed by atoms with Crippen molar-refractivity contribution in [1.82, 2.24) is 9.97 Å². The van der Waals surface area contributed by atoms with Crippen molar-refractivity contribution in [3.63, 3.8) is 0 Å². The summed E-state index contributed by atoms with van der Waals surface area (Å²) in [6.07, 6.45) is 7.04. The van der Waals surface area contributed by atoms with Crippen molar-refractivity contribution in [2.75, 3.05) is 18.0 Å². The molecule has 0 saturated carbocycles. The Labute approximate surface area is 146 Å². The normalized spacial score (nSPS) is 13.6. The van der Waals surface area contributed by atoms with E-state index < -0.39 is 0 Å². The Morgan fingerprint density at radius 3 is 2.25 bits per heavy atom. The van der Waals surface area contributed by atoms with Gasteiger partial charge in [0.25, 0.3) is 0 Å². The number of aromatic nitrogens is 2. The largest absolute Gasteiger partial charge is 0.356 e. The topological polar surface area (TPSA) is 29.0 Å². The summed E-state index contributed by atoms with van der Waals surface area (Å²) in [5.74, 6) is 2.09. The Balaban J connectivity index is 2.08. The van der Waals surface area contributed by atoms with E-state index in [9.17, 15) is 0 Å². The molecule has 0 bridgehead atoms. The summed E-state index contributed by atoms with van der Waals surface area (Å²) >= 11 is 0. The monoisotopic (exact) mass is 323 g/mol. The third-order valence-corrected chi connectivity index (χ3v) is 4.76. The average molecular weight is 323 g/mol. The number of aryl methyl sites for hydroxylation is 2. The third kappa shape index (κ3) is 3.61. The second-order valence-electron chi connectivity index (χ2n) is 6.86. The molecule has 1 aliphatic carbocycles. The zero-order valence-electron chi connectivity index (χ0n) is 15.3. The number of hydrogen-bond donors (Lipinski definition) is 0. The second kappa shape index (κ2) is 7.78. The van der Waals surface area contributed by atoms with E-state index in [0.29, 0.717) is 0 Å². The highest BCUT2D eigenvalue weighted by molar-refractivity contribution is 5.61. The van der Waals surface area contributed by atoms with E-state index in [2.05, 4.69) is 49.9 Å². The van der Waals surface area contributed by atoms with Crippen molar-refractivity contribution in [1.29, 1.82) is 0 Å². The van der Waals surface area contributed by atoms with Crippen molar-refractivity contribution >= 4 is 5.82 Å². The van der Waals surface area contributed by atoms with E-state index >= 15 is 0 Å². The number of anilines is 1. The van der Waals surface area contributed by atoms with Gasteiger partial charge in [0.2, 0.25) is 0 Å². The van der Waals surface area contributed by atoms with Crippen LogP contribution in [-0.4, -0.2) is 23.1 Å². The molecule has 3 rings (SSSR count). The van der Waals surface area contributed by atoms with E-state index in [1.54, 1.807) is 0 Å². The van der Waals surface area contributed by atoms with Crippen LogP contribution in [0.4, 0.5) is 5.82 Å². The van der Waals surface area contributed by atoms with Gasteiger partial charge in [0.1, 0.15) is 5.82 Å². The van der Waals surface area contributed by atoms with Crippen LogP contribution in [-0.2, 0) is 12.8 Å². The molecule has 1 heterocycles. The molecule has 1 aromatic carbocycles. The van der Waals surface area contributed by atoms with E-state index in [1.165, 1.54) is 35.5 Å². The Hall–Kier alpha value is -1.90. The summed E-state index contributed by atoms with van der Waals surface area (Å²) in [7, 11) is 0. The molecule has 0 fully saturated rings. The van der Waals surface area contributed by atoms with Crippen molar-refractivity contribution in [2.24, 2.45) is 0 Å². The number of benzene rings is 1. The maximum Gasteiger partial charge on any atom is 0.161 e. The maximum absolute atomic E-state index is 5.04. The molecular weight excluding hydrogens is 294 g/mol. The van der Waals surface area contributed by atoms with Gasteiger partial charge in [-0.2, -0.15) is 0 Å². The standard InChI is InChI=1S/C21H29N3/c1-4-14-24(15-5-2)21-18-8-6-7-9-19(18)22-20(23-21)17-12-10-16(3)11-13-17/h10-13H,4-9,14-15H2,1-3H3. The lowest BCUT2D eigenvalue weighted by atomic mass is 9.95. The Morgan fingerprint density at radius 1 is 0.917 bits per heavy atom. The molecule has 3 nitrogen and oxygen atoms in total. The van der Waals surface area contributed by atoms with Gasteiger partial charge >= 0.3 is 0 Å². The van der Waals surface area contributed by atoms with E-state index in [4.69, 9.17) is 9.97 Å². The minimum atomic E-state index is 0.892. The van der Waals surface area contributed by atoms with Crippen LogP contribution in [0.5, 0.6) is 0 Å². The SMILES string of the molecule is CCCN(CCC)c1nc(-c2ccc(C)cc2)nc2c1CCCC2. The van der Waals surface area contributed by atoms with E-state index in [-0.39, 0.29) is 0 Å². The van der Waals surface area contributed by atoms with Gasteiger partial charge in [-0.05, 0) is 45.4 Å². The Bertz CT molecular complexity index is 670. The van der Waals surface area contributed by atoms with Gasteiger partial charge in [-0.25, -0.2) is 9.97 Å². The quantitative estimate of drug-likeness (QED) is 0.752. The summed E-state index contributed by atoms with van der Waals surface area (Å²) in [4.78, 5) is 12.5. The van der Waals surface area contributed by atoms with Crippen LogP contribution >= 0.6 is 0 Å². The van der Waals surface area contributed by atoms with Gasteiger partial charge in [0, 0.05) is 29.9 Å². The third-order valence-electron chi connectivity index (χ3n) is 4.76. The van der Waals surface area contributed by atoms with Gasteiger partial charge in [-0.1, -0.05) is 43.7 Å². The molecule has 0 aliphatic heterocycles. The van der Waals surface area contributed by atoms with Crippen LogP contribution in [0.15, 0.2) is 24.3 Å². The second-order valence-corrected chi connectivity index (χ2v) is 6.86. The predicted octanol–water partition coefficient (Wildman–Crippen LogP) is 4.96. The van der Waals surface area contributed by atoms with Crippen LogP contribution in [0.25, 0.3) is 11.4 Å². The molecule has 0 amide bonds. The average Bonchev–Trinajstić information content (AvgIpc) is 2.61. The molecule has 0 N–H and O–H groups in total. The lowest BCUT2D eigenvalue weighted by Crippen LogP contribution is -2.28. The predicted molar refractivity (Wildman–Crippen MR) is 102 cm³/mol. The molecular formula is C21H29N3. The molecule has 2 aromatic rings. The number of fused-ring (bicyclic) bond motifs is 1. The molecule has 128 valence electrons. The highest BCUT2D eigenvalue weighted by Crippen LogP contribution is 2.31.